The van der Waals surface area contributed by atoms with Crippen LogP contribution in [0.25, 0.3) is 0 Å². The van der Waals surface area contributed by atoms with E-state index in [1.807, 2.05) is 26.0 Å². The smallest absolute Gasteiger partial charge is 0.322 e. The average Bonchev–Trinajstić information content (AvgIpc) is 3.30. The Morgan fingerprint density at radius 3 is 2.77 bits per heavy atom. The highest BCUT2D eigenvalue weighted by Crippen LogP contribution is 2.44. The van der Waals surface area contributed by atoms with Gasteiger partial charge in [0.15, 0.2) is 0 Å². The Hall–Kier alpha value is -2.56. The SMILES string of the molecule is CC[C@H](C)C(=O)O[C@H]1C[C@H](O)C=C2C=C[C@H](C)[C@H](CC[C@@H](O)C[C@@H](O)CC(=O)Nc3nnco3)[C@H]21. The number of amides is 1. The number of hydrogen-bond acceptors (Lipinski definition) is 9. The lowest BCUT2D eigenvalue weighted by atomic mass is 9.66. The van der Waals surface area contributed by atoms with Crippen molar-refractivity contribution in [2.75, 3.05) is 5.32 Å². The zero-order valence-electron chi connectivity index (χ0n) is 20.5. The summed E-state index contributed by atoms with van der Waals surface area (Å²) in [6.07, 6.45) is 6.00. The molecule has 2 aliphatic carbocycles. The molecule has 194 valence electrons. The van der Waals surface area contributed by atoms with Gasteiger partial charge in [-0.1, -0.05) is 44.1 Å². The molecule has 8 atom stereocenters. The molecule has 4 N–H and O–H groups in total. The van der Waals surface area contributed by atoms with Crippen LogP contribution >= 0.6 is 0 Å². The van der Waals surface area contributed by atoms with Crippen molar-refractivity contribution >= 4 is 17.9 Å². The van der Waals surface area contributed by atoms with E-state index in [0.29, 0.717) is 25.7 Å². The highest BCUT2D eigenvalue weighted by molar-refractivity contribution is 5.88. The molecule has 0 unspecified atom stereocenters. The second-order valence-corrected chi connectivity index (χ2v) is 9.78. The quantitative estimate of drug-likeness (QED) is 0.341. The minimum Gasteiger partial charge on any atom is -0.461 e. The number of fused-ring (bicyclic) bond motifs is 1. The van der Waals surface area contributed by atoms with Gasteiger partial charge in [-0.2, -0.15) is 0 Å². The van der Waals surface area contributed by atoms with Crippen molar-refractivity contribution in [3.63, 3.8) is 0 Å². The summed E-state index contributed by atoms with van der Waals surface area (Å²) in [7, 11) is 0. The molecule has 1 heterocycles. The van der Waals surface area contributed by atoms with Crippen LogP contribution in [0, 0.1) is 23.7 Å². The van der Waals surface area contributed by atoms with E-state index in [-0.39, 0.29) is 48.5 Å². The summed E-state index contributed by atoms with van der Waals surface area (Å²) in [5.74, 6) is -0.730. The lowest BCUT2D eigenvalue weighted by molar-refractivity contribution is -0.159. The van der Waals surface area contributed by atoms with Crippen LogP contribution in [0.5, 0.6) is 0 Å². The predicted molar refractivity (Wildman–Crippen MR) is 127 cm³/mol. The third-order valence-electron chi connectivity index (χ3n) is 7.06. The summed E-state index contributed by atoms with van der Waals surface area (Å²) in [4.78, 5) is 24.5. The van der Waals surface area contributed by atoms with Crippen LogP contribution in [0.2, 0.25) is 0 Å². The number of hydrogen-bond donors (Lipinski definition) is 4. The first-order chi connectivity index (χ1) is 16.7. The van der Waals surface area contributed by atoms with E-state index in [1.54, 1.807) is 0 Å². The minimum atomic E-state index is -1.03. The Kier molecular flexibility index (Phi) is 9.59. The highest BCUT2D eigenvalue weighted by Gasteiger charge is 2.42. The molecular weight excluding hydrogens is 454 g/mol. The number of nitrogens with one attached hydrogen (secondary N) is 1. The van der Waals surface area contributed by atoms with E-state index in [4.69, 9.17) is 9.15 Å². The molecule has 0 bridgehead atoms. The van der Waals surface area contributed by atoms with Crippen LogP contribution in [0.15, 0.2) is 34.6 Å². The molecular formula is C25H37N3O7. The molecule has 35 heavy (non-hydrogen) atoms. The molecule has 10 heteroatoms. The maximum absolute atomic E-state index is 12.5. The van der Waals surface area contributed by atoms with E-state index < -0.39 is 30.3 Å². The number of allylic oxidation sites excluding steroid dienone is 2. The summed E-state index contributed by atoms with van der Waals surface area (Å²) in [5.41, 5.74) is 0.959. The Balaban J connectivity index is 1.57. The molecule has 1 aromatic heterocycles. The number of carbonyl (C=O) groups is 2. The molecule has 0 radical (unpaired) electrons. The first-order valence-corrected chi connectivity index (χ1v) is 12.4. The topological polar surface area (TPSA) is 155 Å². The molecule has 0 saturated heterocycles. The third kappa shape index (κ3) is 7.46. The number of esters is 1. The normalized spacial score (nSPS) is 28.4. The van der Waals surface area contributed by atoms with Crippen molar-refractivity contribution in [1.29, 1.82) is 0 Å². The molecule has 0 fully saturated rings. The number of aromatic nitrogens is 2. The van der Waals surface area contributed by atoms with Crippen LogP contribution in [0.3, 0.4) is 0 Å². The summed E-state index contributed by atoms with van der Waals surface area (Å²) in [5, 5.41) is 40.5. The minimum absolute atomic E-state index is 0.0483. The van der Waals surface area contributed by atoms with Gasteiger partial charge in [0.25, 0.3) is 0 Å². The average molecular weight is 492 g/mol. The van der Waals surface area contributed by atoms with E-state index in [0.717, 1.165) is 12.0 Å². The van der Waals surface area contributed by atoms with E-state index >= 15 is 0 Å². The van der Waals surface area contributed by atoms with Gasteiger partial charge in [0.05, 0.1) is 30.7 Å². The second kappa shape index (κ2) is 12.4. The van der Waals surface area contributed by atoms with Gasteiger partial charge in [-0.25, -0.2) is 0 Å². The molecule has 2 aliphatic rings. The van der Waals surface area contributed by atoms with Gasteiger partial charge < -0.3 is 24.5 Å². The number of nitrogens with zero attached hydrogens (tertiary/aromatic N) is 2. The van der Waals surface area contributed by atoms with E-state index in [1.165, 1.54) is 0 Å². The molecule has 0 saturated carbocycles. The van der Waals surface area contributed by atoms with Gasteiger partial charge in [-0.3, -0.25) is 14.9 Å². The van der Waals surface area contributed by atoms with Crippen molar-refractivity contribution in [1.82, 2.24) is 10.2 Å². The predicted octanol–water partition coefficient (Wildman–Crippen LogP) is 2.38. The van der Waals surface area contributed by atoms with Crippen LogP contribution in [0.1, 0.15) is 59.3 Å². The van der Waals surface area contributed by atoms with Crippen LogP contribution in [0.4, 0.5) is 6.01 Å². The Morgan fingerprint density at radius 2 is 2.09 bits per heavy atom. The first-order valence-electron chi connectivity index (χ1n) is 12.4. The Bertz CT molecular complexity index is 901. The number of ether oxygens (including phenoxy) is 1. The number of aliphatic hydroxyl groups is 3. The molecule has 3 rings (SSSR count). The zero-order chi connectivity index (χ0) is 25.5. The Labute approximate surface area is 205 Å². The molecule has 10 nitrogen and oxygen atoms in total. The van der Waals surface area contributed by atoms with Crippen molar-refractivity contribution < 1.29 is 34.1 Å². The van der Waals surface area contributed by atoms with Crippen LogP contribution in [-0.4, -0.2) is 61.8 Å². The lowest BCUT2D eigenvalue weighted by Gasteiger charge is -2.43. The lowest BCUT2D eigenvalue weighted by Crippen LogP contribution is -2.43. The molecule has 0 aliphatic heterocycles. The monoisotopic (exact) mass is 491 g/mol. The van der Waals surface area contributed by atoms with Gasteiger partial charge in [0.2, 0.25) is 12.3 Å². The highest BCUT2D eigenvalue weighted by atomic mass is 16.5. The van der Waals surface area contributed by atoms with Crippen molar-refractivity contribution in [3.05, 3.63) is 30.2 Å². The second-order valence-electron chi connectivity index (χ2n) is 9.78. The summed E-state index contributed by atoms with van der Waals surface area (Å²) < 4.78 is 10.7. The first kappa shape index (κ1) is 27.0. The molecule has 1 amide bonds. The van der Waals surface area contributed by atoms with Gasteiger partial charge in [0, 0.05) is 12.3 Å². The van der Waals surface area contributed by atoms with Crippen molar-refractivity contribution in [2.45, 2.75) is 83.7 Å². The number of carbonyl (C=O) groups excluding carboxylic acids is 2. The van der Waals surface area contributed by atoms with Gasteiger partial charge in [0.1, 0.15) is 6.10 Å². The molecule has 1 aromatic rings. The van der Waals surface area contributed by atoms with Gasteiger partial charge in [-0.15, -0.1) is 5.10 Å². The summed E-state index contributed by atoms with van der Waals surface area (Å²) >= 11 is 0. The molecule has 0 aromatic carbocycles. The standard InChI is InChI=1S/C25H37N3O7/c1-4-14(2)24(33)35-21-11-18(30)9-16-6-5-15(3)20(23(16)21)8-7-17(29)10-19(31)12-22(32)27-25-28-26-13-34-25/h5-6,9,13-15,17-21,23,29-31H,4,7-8,10-12H2,1-3H3,(H,27,28,32)/t14-,15-,17+,18+,19+,20-,21-,23-/m0/s1. The molecule has 0 spiro atoms. The fraction of sp³-hybridized carbons (Fsp3) is 0.680. The zero-order valence-corrected chi connectivity index (χ0v) is 20.5. The fourth-order valence-corrected chi connectivity index (χ4v) is 4.93. The fourth-order valence-electron chi connectivity index (χ4n) is 4.93. The van der Waals surface area contributed by atoms with Gasteiger partial charge >= 0.3 is 12.0 Å². The van der Waals surface area contributed by atoms with E-state index in [9.17, 15) is 24.9 Å². The largest absolute Gasteiger partial charge is 0.461 e. The third-order valence-corrected chi connectivity index (χ3v) is 7.06. The number of anilines is 1. The number of aliphatic hydroxyl groups excluding tert-OH is 3. The van der Waals surface area contributed by atoms with Crippen molar-refractivity contribution in [2.24, 2.45) is 23.7 Å². The van der Waals surface area contributed by atoms with Gasteiger partial charge in [-0.05, 0) is 43.1 Å². The van der Waals surface area contributed by atoms with E-state index in [2.05, 4.69) is 28.5 Å². The van der Waals surface area contributed by atoms with Crippen LogP contribution in [-0.2, 0) is 14.3 Å². The number of rotatable bonds is 11. The summed E-state index contributed by atoms with van der Waals surface area (Å²) in [6.45, 7) is 5.87. The van der Waals surface area contributed by atoms with Crippen molar-refractivity contribution in [3.8, 4) is 0 Å². The summed E-state index contributed by atoms with van der Waals surface area (Å²) in [6, 6.07) is -0.0490. The maximum atomic E-state index is 12.5. The maximum Gasteiger partial charge on any atom is 0.322 e. The van der Waals surface area contributed by atoms with Crippen LogP contribution < -0.4 is 5.32 Å². The Morgan fingerprint density at radius 1 is 1.31 bits per heavy atom.